The molecule has 1 N–H and O–H groups in total. The molecule has 1 aromatic carbocycles. The zero-order valence-corrected chi connectivity index (χ0v) is 13.9. The third kappa shape index (κ3) is 4.40. The summed E-state index contributed by atoms with van der Waals surface area (Å²) < 4.78 is 0. The Kier molecular flexibility index (Phi) is 5.56. The highest BCUT2D eigenvalue weighted by Crippen LogP contribution is 2.23. The molecule has 1 amide bonds. The number of hydrogen-bond acceptors (Lipinski definition) is 5. The maximum atomic E-state index is 12.6. The molecule has 0 radical (unpaired) electrons. The monoisotopic (exact) mass is 341 g/mol. The summed E-state index contributed by atoms with van der Waals surface area (Å²) >= 11 is 5.88. The lowest BCUT2D eigenvalue weighted by atomic mass is 10.1. The van der Waals surface area contributed by atoms with Gasteiger partial charge in [0.2, 0.25) is 0 Å². The van der Waals surface area contributed by atoms with Crippen LogP contribution in [0, 0.1) is 10.1 Å². The van der Waals surface area contributed by atoms with Crippen LogP contribution in [0.25, 0.3) is 0 Å². The van der Waals surface area contributed by atoms with E-state index in [1.807, 2.05) is 6.92 Å². The van der Waals surface area contributed by atoms with Gasteiger partial charge in [-0.1, -0.05) is 11.6 Å². The van der Waals surface area contributed by atoms with E-state index in [1.165, 1.54) is 18.2 Å². The van der Waals surface area contributed by atoms with E-state index in [2.05, 4.69) is 4.90 Å². The van der Waals surface area contributed by atoms with Gasteiger partial charge in [0.05, 0.1) is 11.0 Å². The molecule has 1 aliphatic rings. The maximum absolute atomic E-state index is 12.6. The number of piperazine rings is 1. The summed E-state index contributed by atoms with van der Waals surface area (Å²) in [6.45, 7) is 6.03. The van der Waals surface area contributed by atoms with Gasteiger partial charge >= 0.3 is 0 Å². The van der Waals surface area contributed by atoms with E-state index in [-0.39, 0.29) is 28.2 Å². The number of hydrogen-bond donors (Lipinski definition) is 1. The van der Waals surface area contributed by atoms with Gasteiger partial charge in [0.15, 0.2) is 0 Å². The summed E-state index contributed by atoms with van der Waals surface area (Å²) in [5, 5.41) is 20.5. The van der Waals surface area contributed by atoms with Crippen LogP contribution in [0.15, 0.2) is 18.2 Å². The topological polar surface area (TPSA) is 86.9 Å². The highest BCUT2D eigenvalue weighted by molar-refractivity contribution is 6.31. The molecular formula is C15H20ClN3O4. The number of β-amino-alcohol motifs (C(OH)–C–C–N with tert-alkyl or cyclic N) is 1. The molecule has 0 aliphatic carbocycles. The highest BCUT2D eigenvalue weighted by Gasteiger charge is 2.29. The van der Waals surface area contributed by atoms with Crippen molar-refractivity contribution >= 4 is 23.2 Å². The van der Waals surface area contributed by atoms with E-state index in [4.69, 9.17) is 11.6 Å². The molecule has 7 nitrogen and oxygen atoms in total. The van der Waals surface area contributed by atoms with Crippen LogP contribution in [0.5, 0.6) is 0 Å². The van der Waals surface area contributed by atoms with E-state index in [1.54, 1.807) is 11.8 Å². The molecule has 2 atom stereocenters. The molecule has 8 heteroatoms. The second-order valence-corrected chi connectivity index (χ2v) is 6.35. The number of aliphatic hydroxyl groups is 1. The summed E-state index contributed by atoms with van der Waals surface area (Å²) in [6, 6.07) is 3.88. The Hall–Kier alpha value is -1.70. The number of carbonyl (C=O) groups excluding carboxylic acids is 1. The number of nitro groups is 1. The SMILES string of the molecule is CC(O)CN1CCN(C(=O)c2cc(Cl)cc([N+](=O)[O-])c2)C(C)C1. The van der Waals surface area contributed by atoms with E-state index < -0.39 is 11.0 Å². The number of aliphatic hydroxyl groups excluding tert-OH is 1. The minimum absolute atomic E-state index is 0.0481. The predicted molar refractivity (Wildman–Crippen MR) is 86.7 cm³/mol. The van der Waals surface area contributed by atoms with Crippen molar-refractivity contribution in [1.82, 2.24) is 9.80 Å². The van der Waals surface area contributed by atoms with Crippen molar-refractivity contribution in [3.8, 4) is 0 Å². The molecule has 1 fully saturated rings. The number of nitrogens with zero attached hydrogens (tertiary/aromatic N) is 3. The van der Waals surface area contributed by atoms with Gasteiger partial charge < -0.3 is 10.0 Å². The van der Waals surface area contributed by atoms with Crippen LogP contribution >= 0.6 is 11.6 Å². The zero-order valence-electron chi connectivity index (χ0n) is 13.1. The molecule has 1 saturated heterocycles. The normalized spacial score (nSPS) is 20.3. The molecule has 1 aromatic rings. The van der Waals surface area contributed by atoms with Gasteiger partial charge in [0.1, 0.15) is 0 Å². The van der Waals surface area contributed by atoms with Gasteiger partial charge in [-0.05, 0) is 19.9 Å². The Morgan fingerprint density at radius 3 is 2.74 bits per heavy atom. The van der Waals surface area contributed by atoms with Crippen molar-refractivity contribution in [1.29, 1.82) is 0 Å². The van der Waals surface area contributed by atoms with Gasteiger partial charge in [-0.3, -0.25) is 19.8 Å². The van der Waals surface area contributed by atoms with E-state index >= 15 is 0 Å². The Balaban J connectivity index is 2.14. The van der Waals surface area contributed by atoms with Gasteiger partial charge in [-0.15, -0.1) is 0 Å². The molecule has 1 aliphatic heterocycles. The molecule has 2 rings (SSSR count). The smallest absolute Gasteiger partial charge is 0.271 e. The number of non-ortho nitro benzene ring substituents is 1. The quantitative estimate of drug-likeness (QED) is 0.666. The molecular weight excluding hydrogens is 322 g/mol. The largest absolute Gasteiger partial charge is 0.392 e. The number of nitro benzene ring substituents is 1. The summed E-state index contributed by atoms with van der Waals surface area (Å²) in [7, 11) is 0. The van der Waals surface area contributed by atoms with Crippen molar-refractivity contribution in [2.75, 3.05) is 26.2 Å². The van der Waals surface area contributed by atoms with Crippen molar-refractivity contribution in [2.24, 2.45) is 0 Å². The van der Waals surface area contributed by atoms with E-state index in [0.717, 1.165) is 0 Å². The third-order valence-electron chi connectivity index (χ3n) is 3.84. The average molecular weight is 342 g/mol. The summed E-state index contributed by atoms with van der Waals surface area (Å²) in [6.07, 6.45) is -0.417. The van der Waals surface area contributed by atoms with Crippen LogP contribution in [0.1, 0.15) is 24.2 Å². The second kappa shape index (κ2) is 7.25. The Labute approximate surface area is 139 Å². The summed E-state index contributed by atoms with van der Waals surface area (Å²) in [5.74, 6) is -0.264. The number of rotatable bonds is 4. The fourth-order valence-electron chi connectivity index (χ4n) is 2.84. The first-order valence-electron chi connectivity index (χ1n) is 7.44. The van der Waals surface area contributed by atoms with Crippen LogP contribution in [0.2, 0.25) is 5.02 Å². The first-order chi connectivity index (χ1) is 10.8. The summed E-state index contributed by atoms with van der Waals surface area (Å²) in [4.78, 5) is 26.8. The lowest BCUT2D eigenvalue weighted by Crippen LogP contribution is -2.55. The zero-order chi connectivity index (χ0) is 17.1. The van der Waals surface area contributed by atoms with Gasteiger partial charge in [-0.25, -0.2) is 0 Å². The maximum Gasteiger partial charge on any atom is 0.271 e. The minimum Gasteiger partial charge on any atom is -0.392 e. The van der Waals surface area contributed by atoms with Crippen LogP contribution in [0.3, 0.4) is 0 Å². The molecule has 126 valence electrons. The molecule has 0 aromatic heterocycles. The molecule has 0 saturated carbocycles. The van der Waals surface area contributed by atoms with Gasteiger partial charge in [0, 0.05) is 54.9 Å². The third-order valence-corrected chi connectivity index (χ3v) is 4.05. The Morgan fingerprint density at radius 2 is 2.17 bits per heavy atom. The Morgan fingerprint density at radius 1 is 1.48 bits per heavy atom. The first kappa shape index (κ1) is 17.7. The molecule has 2 unspecified atom stereocenters. The van der Waals surface area contributed by atoms with Crippen LogP contribution in [-0.4, -0.2) is 64.1 Å². The fraction of sp³-hybridized carbons (Fsp3) is 0.533. The van der Waals surface area contributed by atoms with Crippen LogP contribution in [-0.2, 0) is 0 Å². The molecule has 1 heterocycles. The van der Waals surface area contributed by atoms with Crippen molar-refractivity contribution in [3.63, 3.8) is 0 Å². The van der Waals surface area contributed by atoms with Crippen LogP contribution < -0.4 is 0 Å². The van der Waals surface area contributed by atoms with E-state index in [0.29, 0.717) is 26.2 Å². The highest BCUT2D eigenvalue weighted by atomic mass is 35.5. The average Bonchev–Trinajstić information content (AvgIpc) is 2.45. The molecule has 23 heavy (non-hydrogen) atoms. The van der Waals surface area contributed by atoms with Crippen LogP contribution in [0.4, 0.5) is 5.69 Å². The summed E-state index contributed by atoms with van der Waals surface area (Å²) in [5.41, 5.74) is 0.0290. The van der Waals surface area contributed by atoms with Crippen molar-refractivity contribution < 1.29 is 14.8 Å². The lowest BCUT2D eigenvalue weighted by Gasteiger charge is -2.40. The van der Waals surface area contributed by atoms with Crippen molar-refractivity contribution in [2.45, 2.75) is 26.0 Å². The standard InChI is InChI=1S/C15H20ClN3O4/c1-10-8-17(9-11(2)20)3-4-18(10)15(21)12-5-13(16)7-14(6-12)19(22)23/h5-7,10-11,20H,3-4,8-9H2,1-2H3. The number of amides is 1. The Bertz CT molecular complexity index is 608. The van der Waals surface area contributed by atoms with Crippen molar-refractivity contribution in [3.05, 3.63) is 38.9 Å². The molecule has 0 spiro atoms. The fourth-order valence-corrected chi connectivity index (χ4v) is 3.07. The lowest BCUT2D eigenvalue weighted by molar-refractivity contribution is -0.384. The minimum atomic E-state index is -0.563. The number of carbonyl (C=O) groups is 1. The van der Waals surface area contributed by atoms with Gasteiger partial charge in [-0.2, -0.15) is 0 Å². The second-order valence-electron chi connectivity index (χ2n) is 5.91. The first-order valence-corrected chi connectivity index (χ1v) is 7.82. The number of benzene rings is 1. The van der Waals surface area contributed by atoms with Gasteiger partial charge in [0.25, 0.3) is 11.6 Å². The number of halogens is 1. The predicted octanol–water partition coefficient (Wildman–Crippen LogP) is 1.78. The molecule has 0 bridgehead atoms. The van der Waals surface area contributed by atoms with E-state index in [9.17, 15) is 20.0 Å².